The van der Waals surface area contributed by atoms with Crippen LogP contribution in [-0.4, -0.2) is 8.80 Å². The standard InChI is InChI=1S/C7H16Si/c1-8(2)7-5-3-4-6-7/h7-8H,3-6H2,1-2H3. The molecule has 1 fully saturated rings. The third-order valence-electron chi connectivity index (χ3n) is 2.34. The summed E-state index contributed by atoms with van der Waals surface area (Å²) in [6.07, 6.45) is 6.17. The van der Waals surface area contributed by atoms with Gasteiger partial charge in [0.2, 0.25) is 0 Å². The molecular weight excluding hydrogens is 112 g/mol. The zero-order valence-corrected chi connectivity index (χ0v) is 7.14. The molecule has 0 atom stereocenters. The first-order valence-corrected chi connectivity index (χ1v) is 6.78. The maximum atomic E-state index is 2.48. The van der Waals surface area contributed by atoms with Crippen molar-refractivity contribution in [2.75, 3.05) is 0 Å². The van der Waals surface area contributed by atoms with Crippen LogP contribution in [0.3, 0.4) is 0 Å². The Bertz CT molecular complexity index is 62.8. The van der Waals surface area contributed by atoms with E-state index in [0.29, 0.717) is 0 Å². The van der Waals surface area contributed by atoms with Crippen molar-refractivity contribution in [2.45, 2.75) is 44.3 Å². The molecule has 0 saturated heterocycles. The lowest BCUT2D eigenvalue weighted by atomic mass is 10.4. The van der Waals surface area contributed by atoms with Crippen molar-refractivity contribution in [3.8, 4) is 0 Å². The highest BCUT2D eigenvalue weighted by atomic mass is 28.3. The van der Waals surface area contributed by atoms with E-state index in [-0.39, 0.29) is 8.80 Å². The molecule has 1 saturated carbocycles. The van der Waals surface area contributed by atoms with Gasteiger partial charge in [-0.3, -0.25) is 0 Å². The van der Waals surface area contributed by atoms with Gasteiger partial charge in [0.05, 0.1) is 0 Å². The van der Waals surface area contributed by atoms with Gasteiger partial charge in [-0.15, -0.1) is 0 Å². The van der Waals surface area contributed by atoms with Crippen molar-refractivity contribution in [2.24, 2.45) is 0 Å². The molecular formula is C7H16Si. The van der Waals surface area contributed by atoms with Gasteiger partial charge in [-0.05, 0) is 5.54 Å². The van der Waals surface area contributed by atoms with E-state index in [2.05, 4.69) is 13.1 Å². The molecule has 0 N–H and O–H groups in total. The van der Waals surface area contributed by atoms with Crippen LogP contribution in [0.1, 0.15) is 25.7 Å². The van der Waals surface area contributed by atoms with E-state index >= 15 is 0 Å². The molecule has 0 aliphatic heterocycles. The van der Waals surface area contributed by atoms with E-state index in [1.807, 2.05) is 0 Å². The van der Waals surface area contributed by atoms with Crippen LogP contribution in [0.2, 0.25) is 18.6 Å². The summed E-state index contributed by atoms with van der Waals surface area (Å²) in [4.78, 5) is 0. The Morgan fingerprint density at radius 2 is 1.62 bits per heavy atom. The van der Waals surface area contributed by atoms with Crippen LogP contribution in [0.25, 0.3) is 0 Å². The van der Waals surface area contributed by atoms with Crippen LogP contribution in [0.15, 0.2) is 0 Å². The van der Waals surface area contributed by atoms with Crippen molar-refractivity contribution < 1.29 is 0 Å². The van der Waals surface area contributed by atoms with Crippen LogP contribution in [0.5, 0.6) is 0 Å². The first kappa shape index (κ1) is 6.34. The molecule has 0 heterocycles. The second kappa shape index (κ2) is 2.67. The Morgan fingerprint density at radius 3 is 1.88 bits per heavy atom. The third kappa shape index (κ3) is 1.34. The van der Waals surface area contributed by atoms with Crippen LogP contribution < -0.4 is 0 Å². The van der Waals surface area contributed by atoms with Gasteiger partial charge in [-0.25, -0.2) is 0 Å². The maximum Gasteiger partial charge on any atom is 0.0337 e. The van der Waals surface area contributed by atoms with Crippen LogP contribution in [0.4, 0.5) is 0 Å². The average molecular weight is 128 g/mol. The average Bonchev–Trinajstić information content (AvgIpc) is 2.12. The summed E-state index contributed by atoms with van der Waals surface area (Å²) in [5.41, 5.74) is 1.20. The second-order valence-electron chi connectivity index (χ2n) is 3.29. The summed E-state index contributed by atoms with van der Waals surface area (Å²) in [6.45, 7) is 4.96. The summed E-state index contributed by atoms with van der Waals surface area (Å²) in [5, 5.41) is 0. The fraction of sp³-hybridized carbons (Fsp3) is 1.00. The van der Waals surface area contributed by atoms with E-state index in [1.165, 1.54) is 18.4 Å². The molecule has 0 bridgehead atoms. The van der Waals surface area contributed by atoms with Gasteiger partial charge in [0.15, 0.2) is 0 Å². The van der Waals surface area contributed by atoms with Gasteiger partial charge in [0, 0.05) is 8.80 Å². The molecule has 48 valence electrons. The van der Waals surface area contributed by atoms with Crippen molar-refractivity contribution in [1.82, 2.24) is 0 Å². The maximum absolute atomic E-state index is 2.48. The van der Waals surface area contributed by atoms with E-state index in [9.17, 15) is 0 Å². The topological polar surface area (TPSA) is 0 Å². The second-order valence-corrected chi connectivity index (χ2v) is 6.72. The molecule has 1 aliphatic carbocycles. The molecule has 1 heteroatoms. The predicted octanol–water partition coefficient (Wildman–Crippen LogP) is 2.42. The summed E-state index contributed by atoms with van der Waals surface area (Å²) < 4.78 is 0. The number of rotatable bonds is 1. The van der Waals surface area contributed by atoms with Gasteiger partial charge < -0.3 is 0 Å². The molecule has 0 nitrogen and oxygen atoms in total. The highest BCUT2D eigenvalue weighted by molar-refractivity contribution is 6.57. The predicted molar refractivity (Wildman–Crippen MR) is 41.1 cm³/mol. The van der Waals surface area contributed by atoms with E-state index < -0.39 is 0 Å². The summed E-state index contributed by atoms with van der Waals surface area (Å²) in [7, 11) is -0.223. The minimum Gasteiger partial charge on any atom is -0.0720 e. The van der Waals surface area contributed by atoms with Gasteiger partial charge in [-0.1, -0.05) is 38.8 Å². The van der Waals surface area contributed by atoms with E-state index in [1.54, 1.807) is 12.8 Å². The smallest absolute Gasteiger partial charge is 0.0337 e. The molecule has 0 aromatic carbocycles. The largest absolute Gasteiger partial charge is 0.0720 e. The Balaban J connectivity index is 2.24. The third-order valence-corrected chi connectivity index (χ3v) is 4.89. The normalized spacial score (nSPS) is 22.9. The molecule has 0 aromatic heterocycles. The van der Waals surface area contributed by atoms with Gasteiger partial charge in [-0.2, -0.15) is 0 Å². The fourth-order valence-corrected chi connectivity index (χ4v) is 3.43. The zero-order chi connectivity index (χ0) is 5.98. The Hall–Kier alpha value is 0.217. The molecule has 1 aliphatic rings. The van der Waals surface area contributed by atoms with Crippen molar-refractivity contribution >= 4 is 8.80 Å². The Kier molecular flexibility index (Phi) is 2.12. The SMILES string of the molecule is C[SiH](C)C1CCCC1. The molecule has 0 radical (unpaired) electrons. The lowest BCUT2D eigenvalue weighted by Gasteiger charge is -2.09. The summed E-state index contributed by atoms with van der Waals surface area (Å²) in [5.74, 6) is 0. The lowest BCUT2D eigenvalue weighted by molar-refractivity contribution is 0.856. The molecule has 1 rings (SSSR count). The minimum atomic E-state index is -0.223. The van der Waals surface area contributed by atoms with Gasteiger partial charge >= 0.3 is 0 Å². The lowest BCUT2D eigenvalue weighted by Crippen LogP contribution is -2.07. The fourth-order valence-electron chi connectivity index (χ4n) is 1.62. The highest BCUT2D eigenvalue weighted by Crippen LogP contribution is 2.32. The van der Waals surface area contributed by atoms with E-state index in [0.717, 1.165) is 0 Å². The van der Waals surface area contributed by atoms with Crippen LogP contribution in [-0.2, 0) is 0 Å². The zero-order valence-electron chi connectivity index (χ0n) is 5.98. The Morgan fingerprint density at radius 1 is 1.12 bits per heavy atom. The molecule has 0 spiro atoms. The Labute approximate surface area is 53.9 Å². The number of hydrogen-bond donors (Lipinski definition) is 0. The number of hydrogen-bond acceptors (Lipinski definition) is 0. The van der Waals surface area contributed by atoms with Crippen molar-refractivity contribution in [3.63, 3.8) is 0 Å². The van der Waals surface area contributed by atoms with Crippen LogP contribution >= 0.6 is 0 Å². The molecule has 0 amide bonds. The van der Waals surface area contributed by atoms with Crippen molar-refractivity contribution in [3.05, 3.63) is 0 Å². The van der Waals surface area contributed by atoms with Gasteiger partial charge in [0.25, 0.3) is 0 Å². The summed E-state index contributed by atoms with van der Waals surface area (Å²) in [6, 6.07) is 0. The highest BCUT2D eigenvalue weighted by Gasteiger charge is 2.18. The van der Waals surface area contributed by atoms with Crippen molar-refractivity contribution in [1.29, 1.82) is 0 Å². The first-order chi connectivity index (χ1) is 3.80. The summed E-state index contributed by atoms with van der Waals surface area (Å²) >= 11 is 0. The molecule has 8 heavy (non-hydrogen) atoms. The molecule has 0 unspecified atom stereocenters. The van der Waals surface area contributed by atoms with E-state index in [4.69, 9.17) is 0 Å². The minimum absolute atomic E-state index is 0.223. The van der Waals surface area contributed by atoms with Crippen LogP contribution in [0, 0.1) is 0 Å². The molecule has 0 aromatic rings. The monoisotopic (exact) mass is 128 g/mol. The van der Waals surface area contributed by atoms with Gasteiger partial charge in [0.1, 0.15) is 0 Å². The first-order valence-electron chi connectivity index (χ1n) is 3.80. The quantitative estimate of drug-likeness (QED) is 0.476.